The number of aryl methyl sites for hydroxylation is 2. The number of rotatable bonds is 4. The van der Waals surface area contributed by atoms with Crippen LogP contribution in [0, 0.1) is 6.92 Å². The Morgan fingerprint density at radius 2 is 1.62 bits per heavy atom. The second kappa shape index (κ2) is 9.47. The minimum absolute atomic E-state index is 0.148. The zero-order valence-corrected chi connectivity index (χ0v) is 21.0. The molecule has 0 aliphatic carbocycles. The maximum absolute atomic E-state index is 14.0. The maximum Gasteiger partial charge on any atom is 0.322 e. The Morgan fingerprint density at radius 1 is 0.919 bits per heavy atom. The van der Waals surface area contributed by atoms with Gasteiger partial charge in [-0.25, -0.2) is 9.48 Å². The molecule has 0 radical (unpaired) electrons. The SMILES string of the molecule is CCc1ccc(NC(=O)N2Cc3c(C)nn(-c4ccccc4)c3-n3cccc3[C@@H]2c2ccccc2)cc1. The van der Waals surface area contributed by atoms with Gasteiger partial charge in [0.25, 0.3) is 0 Å². The van der Waals surface area contributed by atoms with E-state index in [1.165, 1.54) is 5.56 Å². The summed E-state index contributed by atoms with van der Waals surface area (Å²) in [7, 11) is 0. The lowest BCUT2D eigenvalue weighted by Crippen LogP contribution is -2.38. The highest BCUT2D eigenvalue weighted by Gasteiger charge is 2.35. The molecule has 3 aromatic carbocycles. The van der Waals surface area contributed by atoms with Crippen molar-refractivity contribution in [3.8, 4) is 11.5 Å². The molecule has 0 bridgehead atoms. The fourth-order valence-electron chi connectivity index (χ4n) is 5.15. The Labute approximate surface area is 216 Å². The van der Waals surface area contributed by atoms with E-state index in [0.717, 1.165) is 46.1 Å². The molecule has 2 amide bonds. The molecule has 3 heterocycles. The van der Waals surface area contributed by atoms with E-state index in [-0.39, 0.29) is 12.1 Å². The average molecular weight is 488 g/mol. The molecule has 0 saturated carbocycles. The third-order valence-electron chi connectivity index (χ3n) is 7.08. The number of anilines is 1. The molecular formula is C31H29N5O. The van der Waals surface area contributed by atoms with Crippen LogP contribution in [0.15, 0.2) is 103 Å². The molecule has 0 unspecified atom stereocenters. The minimum Gasteiger partial charge on any atom is -0.308 e. The molecule has 6 nitrogen and oxygen atoms in total. The van der Waals surface area contributed by atoms with Crippen LogP contribution in [0.5, 0.6) is 0 Å². The lowest BCUT2D eigenvalue weighted by molar-refractivity contribution is 0.194. The number of hydrogen-bond acceptors (Lipinski definition) is 2. The zero-order chi connectivity index (χ0) is 25.4. The first-order chi connectivity index (χ1) is 18.1. The summed E-state index contributed by atoms with van der Waals surface area (Å²) in [4.78, 5) is 15.9. The quantitative estimate of drug-likeness (QED) is 0.308. The van der Waals surface area contributed by atoms with Crippen LogP contribution in [0.1, 0.15) is 41.0 Å². The highest BCUT2D eigenvalue weighted by molar-refractivity contribution is 5.90. The smallest absolute Gasteiger partial charge is 0.308 e. The third-order valence-corrected chi connectivity index (χ3v) is 7.08. The third kappa shape index (κ3) is 4.10. The summed E-state index contributed by atoms with van der Waals surface area (Å²) in [5.41, 5.74) is 7.00. The standard InChI is InChI=1S/C31H29N5O/c1-3-23-16-18-25(19-17-23)32-31(37)35-21-27-22(2)33-36(26-13-8-5-9-14-26)30(27)34-20-10-15-28(34)29(35)24-11-6-4-7-12-24/h4-20,29H,3,21H2,1-2H3,(H,32,37)/t29-/m0/s1. The molecule has 184 valence electrons. The number of nitrogens with zero attached hydrogens (tertiary/aromatic N) is 4. The van der Waals surface area contributed by atoms with Gasteiger partial charge in [0, 0.05) is 17.4 Å². The van der Waals surface area contributed by atoms with Crippen molar-refractivity contribution in [3.05, 3.63) is 131 Å². The lowest BCUT2D eigenvalue weighted by Gasteiger charge is -2.31. The van der Waals surface area contributed by atoms with Crippen molar-refractivity contribution < 1.29 is 4.79 Å². The molecule has 1 N–H and O–H groups in total. The number of urea groups is 1. The van der Waals surface area contributed by atoms with Crippen molar-refractivity contribution >= 4 is 11.7 Å². The molecule has 6 rings (SSSR count). The Hall–Kier alpha value is -4.58. The van der Waals surface area contributed by atoms with E-state index in [2.05, 4.69) is 65.5 Å². The summed E-state index contributed by atoms with van der Waals surface area (Å²) < 4.78 is 4.17. The molecule has 2 aromatic heterocycles. The van der Waals surface area contributed by atoms with Gasteiger partial charge in [-0.2, -0.15) is 5.10 Å². The van der Waals surface area contributed by atoms with E-state index in [4.69, 9.17) is 5.10 Å². The topological polar surface area (TPSA) is 55.1 Å². The van der Waals surface area contributed by atoms with E-state index in [1.54, 1.807) is 0 Å². The van der Waals surface area contributed by atoms with E-state index in [0.29, 0.717) is 6.54 Å². The molecule has 5 aromatic rings. The number of carbonyl (C=O) groups is 1. The van der Waals surface area contributed by atoms with Gasteiger partial charge >= 0.3 is 6.03 Å². The number of hydrogen-bond donors (Lipinski definition) is 1. The number of benzene rings is 3. The van der Waals surface area contributed by atoms with Crippen LogP contribution < -0.4 is 5.32 Å². The van der Waals surface area contributed by atoms with E-state index in [9.17, 15) is 4.79 Å². The Bertz CT molecular complexity index is 1530. The van der Waals surface area contributed by atoms with Gasteiger partial charge in [-0.15, -0.1) is 0 Å². The fourth-order valence-corrected chi connectivity index (χ4v) is 5.15. The summed E-state index contributed by atoms with van der Waals surface area (Å²) in [6, 6.07) is 32.2. The summed E-state index contributed by atoms with van der Waals surface area (Å²) in [6.45, 7) is 4.57. The highest BCUT2D eigenvalue weighted by atomic mass is 16.2. The summed E-state index contributed by atoms with van der Waals surface area (Å²) >= 11 is 0. The van der Waals surface area contributed by atoms with Gasteiger partial charge in [-0.1, -0.05) is 67.6 Å². The normalized spacial score (nSPS) is 14.5. The van der Waals surface area contributed by atoms with Gasteiger partial charge in [-0.3, -0.25) is 0 Å². The molecule has 6 heteroatoms. The molecule has 1 aliphatic rings. The number of nitrogens with one attached hydrogen (secondary N) is 1. The van der Waals surface area contributed by atoms with E-state index < -0.39 is 0 Å². The van der Waals surface area contributed by atoms with E-state index in [1.807, 2.05) is 71.1 Å². The Morgan fingerprint density at radius 3 is 2.32 bits per heavy atom. The van der Waals surface area contributed by atoms with Gasteiger partial charge < -0.3 is 14.8 Å². The Balaban J connectivity index is 1.50. The van der Waals surface area contributed by atoms with Crippen molar-refractivity contribution in [2.24, 2.45) is 0 Å². The fraction of sp³-hybridized carbons (Fsp3) is 0.161. The molecule has 1 aliphatic heterocycles. The van der Waals surface area contributed by atoms with Gasteiger partial charge in [-0.05, 0) is 60.9 Å². The van der Waals surface area contributed by atoms with Crippen LogP contribution in [0.3, 0.4) is 0 Å². The molecule has 37 heavy (non-hydrogen) atoms. The minimum atomic E-state index is -0.276. The lowest BCUT2D eigenvalue weighted by atomic mass is 10.0. The summed E-state index contributed by atoms with van der Waals surface area (Å²) in [6.07, 6.45) is 3.02. The van der Waals surface area contributed by atoms with Crippen LogP contribution >= 0.6 is 0 Å². The number of fused-ring (bicyclic) bond motifs is 3. The van der Waals surface area contributed by atoms with Crippen molar-refractivity contribution in [1.82, 2.24) is 19.2 Å². The first-order valence-corrected chi connectivity index (χ1v) is 12.7. The molecule has 0 fully saturated rings. The van der Waals surface area contributed by atoms with Crippen LogP contribution in [0.4, 0.5) is 10.5 Å². The number of carbonyl (C=O) groups excluding carboxylic acids is 1. The highest BCUT2D eigenvalue weighted by Crippen LogP contribution is 2.38. The first kappa shape index (κ1) is 22.9. The number of amides is 2. The van der Waals surface area contributed by atoms with Crippen LogP contribution in [-0.2, 0) is 13.0 Å². The van der Waals surface area contributed by atoms with Gasteiger partial charge in [0.05, 0.1) is 29.7 Å². The number of para-hydroxylation sites is 1. The van der Waals surface area contributed by atoms with E-state index >= 15 is 0 Å². The molecule has 0 saturated heterocycles. The Kier molecular flexibility index (Phi) is 5.85. The molecular weight excluding hydrogens is 458 g/mol. The predicted octanol–water partition coefficient (Wildman–Crippen LogP) is 6.67. The monoisotopic (exact) mass is 487 g/mol. The van der Waals surface area contributed by atoms with Gasteiger partial charge in [0.1, 0.15) is 5.82 Å². The number of aromatic nitrogens is 3. The summed E-state index contributed by atoms with van der Waals surface area (Å²) in [5, 5.41) is 8.07. The second-order valence-electron chi connectivity index (χ2n) is 9.36. The molecule has 1 atom stereocenters. The van der Waals surface area contributed by atoms with Crippen molar-refractivity contribution in [2.75, 3.05) is 5.32 Å². The average Bonchev–Trinajstić information content (AvgIpc) is 3.50. The van der Waals surface area contributed by atoms with Crippen molar-refractivity contribution in [1.29, 1.82) is 0 Å². The van der Waals surface area contributed by atoms with Crippen LogP contribution in [-0.4, -0.2) is 25.3 Å². The van der Waals surface area contributed by atoms with Crippen molar-refractivity contribution in [2.45, 2.75) is 32.9 Å². The molecule has 0 spiro atoms. The predicted molar refractivity (Wildman–Crippen MR) is 146 cm³/mol. The van der Waals surface area contributed by atoms with Crippen molar-refractivity contribution in [3.63, 3.8) is 0 Å². The summed E-state index contributed by atoms with van der Waals surface area (Å²) in [5.74, 6) is 0.965. The zero-order valence-electron chi connectivity index (χ0n) is 21.0. The first-order valence-electron chi connectivity index (χ1n) is 12.7. The van der Waals surface area contributed by atoms with Crippen LogP contribution in [0.25, 0.3) is 11.5 Å². The van der Waals surface area contributed by atoms with Gasteiger partial charge in [0.15, 0.2) is 0 Å². The largest absolute Gasteiger partial charge is 0.322 e. The maximum atomic E-state index is 14.0. The van der Waals surface area contributed by atoms with Crippen LogP contribution in [0.2, 0.25) is 0 Å². The van der Waals surface area contributed by atoms with Gasteiger partial charge in [0.2, 0.25) is 0 Å². The second-order valence-corrected chi connectivity index (χ2v) is 9.36.